The molecule has 0 radical (unpaired) electrons. The molecule has 0 aliphatic carbocycles. The number of fused-ring (bicyclic) bond motifs is 1. The van der Waals surface area contributed by atoms with Gasteiger partial charge in [0.05, 0.1) is 25.1 Å². The lowest BCUT2D eigenvalue weighted by Gasteiger charge is -2.19. The molecule has 2 N–H and O–H groups in total. The molecular weight excluding hydrogens is 330 g/mol. The Morgan fingerprint density at radius 2 is 1.58 bits per heavy atom. The summed E-state index contributed by atoms with van der Waals surface area (Å²) in [6, 6.07) is 11.2. The van der Waals surface area contributed by atoms with Crippen molar-refractivity contribution < 1.29 is 9.47 Å². The van der Waals surface area contributed by atoms with Crippen molar-refractivity contribution in [3.05, 3.63) is 52.3 Å². The molecule has 2 aromatic carbocycles. The van der Waals surface area contributed by atoms with Crippen LogP contribution < -0.4 is 20.9 Å². The number of rotatable bonds is 3. The second-order valence-electron chi connectivity index (χ2n) is 7.16. The van der Waals surface area contributed by atoms with E-state index in [1.807, 2.05) is 24.3 Å². The van der Waals surface area contributed by atoms with Crippen LogP contribution in [-0.2, 0) is 5.41 Å². The molecule has 6 nitrogen and oxygen atoms in total. The van der Waals surface area contributed by atoms with Gasteiger partial charge in [0.1, 0.15) is 0 Å². The summed E-state index contributed by atoms with van der Waals surface area (Å²) in [5.74, 6) is 7.40. The van der Waals surface area contributed by atoms with Gasteiger partial charge in [0.2, 0.25) is 0 Å². The number of aromatic nitrogens is 2. The van der Waals surface area contributed by atoms with Crippen LogP contribution in [0.4, 0.5) is 0 Å². The van der Waals surface area contributed by atoms with Gasteiger partial charge in [0.25, 0.3) is 5.56 Å². The molecule has 0 saturated heterocycles. The molecule has 0 unspecified atom stereocenters. The van der Waals surface area contributed by atoms with E-state index in [1.165, 1.54) is 12.7 Å². The number of nitrogens with two attached hydrogens (primary N) is 1. The summed E-state index contributed by atoms with van der Waals surface area (Å²) in [4.78, 5) is 17.3. The molecule has 6 heteroatoms. The molecule has 0 bridgehead atoms. The summed E-state index contributed by atoms with van der Waals surface area (Å²) in [5, 5.41) is 0.375. The number of hydrogen-bond acceptors (Lipinski definition) is 5. The van der Waals surface area contributed by atoms with Crippen LogP contribution in [0.3, 0.4) is 0 Å². The minimum Gasteiger partial charge on any atom is -0.493 e. The zero-order valence-corrected chi connectivity index (χ0v) is 15.7. The molecule has 0 fully saturated rings. The second kappa shape index (κ2) is 6.37. The third-order valence-electron chi connectivity index (χ3n) is 4.41. The predicted octanol–water partition coefficient (Wildman–Crippen LogP) is 3.09. The van der Waals surface area contributed by atoms with Crippen molar-refractivity contribution in [3.8, 4) is 22.9 Å². The first-order chi connectivity index (χ1) is 12.3. The first-order valence-corrected chi connectivity index (χ1v) is 8.31. The normalized spacial score (nSPS) is 11.6. The van der Waals surface area contributed by atoms with Gasteiger partial charge in [-0.1, -0.05) is 45.0 Å². The van der Waals surface area contributed by atoms with Gasteiger partial charge in [0.15, 0.2) is 17.3 Å². The van der Waals surface area contributed by atoms with Crippen molar-refractivity contribution in [2.75, 3.05) is 20.1 Å². The minimum absolute atomic E-state index is 0.0433. The second-order valence-corrected chi connectivity index (χ2v) is 7.16. The first-order valence-electron chi connectivity index (χ1n) is 8.31. The molecule has 0 atom stereocenters. The van der Waals surface area contributed by atoms with Crippen LogP contribution in [-0.4, -0.2) is 23.9 Å². The maximum absolute atomic E-state index is 12.7. The number of benzene rings is 2. The highest BCUT2D eigenvalue weighted by Gasteiger charge is 2.17. The highest BCUT2D eigenvalue weighted by Crippen LogP contribution is 2.31. The predicted molar refractivity (Wildman–Crippen MR) is 103 cm³/mol. The van der Waals surface area contributed by atoms with E-state index < -0.39 is 0 Å². The minimum atomic E-state index is -0.342. The highest BCUT2D eigenvalue weighted by molar-refractivity contribution is 5.83. The summed E-state index contributed by atoms with van der Waals surface area (Å²) in [6.07, 6.45) is 0. The average Bonchev–Trinajstić information content (AvgIpc) is 2.63. The fourth-order valence-electron chi connectivity index (χ4n) is 2.85. The topological polar surface area (TPSA) is 79.4 Å². The van der Waals surface area contributed by atoms with Gasteiger partial charge in [-0.2, -0.15) is 0 Å². The van der Waals surface area contributed by atoms with E-state index in [4.69, 9.17) is 15.3 Å². The van der Waals surface area contributed by atoms with E-state index in [1.54, 1.807) is 19.2 Å². The molecular formula is C20H23N3O3. The Hall–Kier alpha value is -3.02. The van der Waals surface area contributed by atoms with E-state index in [2.05, 4.69) is 25.8 Å². The molecule has 3 rings (SSSR count). The van der Waals surface area contributed by atoms with Gasteiger partial charge in [-0.3, -0.25) is 4.79 Å². The number of nitrogens with zero attached hydrogens (tertiary/aromatic N) is 2. The Morgan fingerprint density at radius 3 is 2.12 bits per heavy atom. The molecule has 0 amide bonds. The molecule has 26 heavy (non-hydrogen) atoms. The molecule has 0 saturated carbocycles. The Balaban J connectivity index is 2.21. The number of methoxy groups -OCH3 is 2. The maximum Gasteiger partial charge on any atom is 0.280 e. The smallest absolute Gasteiger partial charge is 0.280 e. The fourth-order valence-corrected chi connectivity index (χ4v) is 2.85. The highest BCUT2D eigenvalue weighted by atomic mass is 16.5. The monoisotopic (exact) mass is 353 g/mol. The molecule has 3 aromatic rings. The van der Waals surface area contributed by atoms with Crippen molar-refractivity contribution >= 4 is 10.9 Å². The zero-order chi connectivity index (χ0) is 19.1. The van der Waals surface area contributed by atoms with Crippen molar-refractivity contribution in [3.63, 3.8) is 0 Å². The molecule has 136 valence electrons. The summed E-state index contributed by atoms with van der Waals surface area (Å²) in [6.45, 7) is 6.44. The van der Waals surface area contributed by atoms with Crippen molar-refractivity contribution in [2.45, 2.75) is 26.2 Å². The average molecular weight is 353 g/mol. The summed E-state index contributed by atoms with van der Waals surface area (Å²) in [5.41, 5.74) is 2.17. The van der Waals surface area contributed by atoms with E-state index in [0.717, 1.165) is 10.2 Å². The SMILES string of the molecule is COc1cc2nc(-c3ccc(C(C)(C)C)cc3)n(N)c(=O)c2cc1OC. The quantitative estimate of drug-likeness (QED) is 0.732. The van der Waals surface area contributed by atoms with Crippen molar-refractivity contribution in [1.82, 2.24) is 9.66 Å². The molecule has 0 aliphatic rings. The number of ether oxygens (including phenoxy) is 2. The van der Waals surface area contributed by atoms with E-state index in [9.17, 15) is 4.79 Å². The first kappa shape index (κ1) is 17.8. The third-order valence-corrected chi connectivity index (χ3v) is 4.41. The van der Waals surface area contributed by atoms with Crippen LogP contribution in [0.2, 0.25) is 0 Å². The van der Waals surface area contributed by atoms with Gasteiger partial charge >= 0.3 is 0 Å². The van der Waals surface area contributed by atoms with Gasteiger partial charge in [-0.05, 0) is 17.0 Å². The molecule has 1 heterocycles. The van der Waals surface area contributed by atoms with Crippen LogP contribution in [0.15, 0.2) is 41.2 Å². The number of hydrogen-bond donors (Lipinski definition) is 1. The molecule has 0 spiro atoms. The Morgan fingerprint density at radius 1 is 1.00 bits per heavy atom. The van der Waals surface area contributed by atoms with Crippen LogP contribution in [0.1, 0.15) is 26.3 Å². The van der Waals surface area contributed by atoms with E-state index >= 15 is 0 Å². The van der Waals surface area contributed by atoms with Crippen molar-refractivity contribution in [2.24, 2.45) is 0 Å². The van der Waals surface area contributed by atoms with Gasteiger partial charge < -0.3 is 15.3 Å². The van der Waals surface area contributed by atoms with E-state index in [0.29, 0.717) is 28.2 Å². The van der Waals surface area contributed by atoms with Crippen LogP contribution >= 0.6 is 0 Å². The molecule has 1 aromatic heterocycles. The largest absolute Gasteiger partial charge is 0.493 e. The molecule has 0 aliphatic heterocycles. The van der Waals surface area contributed by atoms with Crippen LogP contribution in [0, 0.1) is 0 Å². The van der Waals surface area contributed by atoms with Gasteiger partial charge in [-0.15, -0.1) is 0 Å². The van der Waals surface area contributed by atoms with Crippen molar-refractivity contribution in [1.29, 1.82) is 0 Å². The Bertz CT molecular complexity index is 1020. The Kier molecular flexibility index (Phi) is 4.36. The Labute approximate surface area is 152 Å². The lowest BCUT2D eigenvalue weighted by Crippen LogP contribution is -2.30. The standard InChI is InChI=1S/C20H23N3O3/c1-20(2,3)13-8-6-12(7-9-13)18-22-15-11-17(26-5)16(25-4)10-14(15)19(24)23(18)21/h6-11H,21H2,1-5H3. The summed E-state index contributed by atoms with van der Waals surface area (Å²) >= 11 is 0. The lowest BCUT2D eigenvalue weighted by atomic mass is 9.86. The lowest BCUT2D eigenvalue weighted by molar-refractivity contribution is 0.355. The maximum atomic E-state index is 12.7. The third kappa shape index (κ3) is 2.98. The van der Waals surface area contributed by atoms with Gasteiger partial charge in [-0.25, -0.2) is 9.66 Å². The van der Waals surface area contributed by atoms with Crippen LogP contribution in [0.25, 0.3) is 22.3 Å². The van der Waals surface area contributed by atoms with Gasteiger partial charge in [0, 0.05) is 11.6 Å². The number of nitrogen functional groups attached to an aromatic ring is 1. The zero-order valence-electron chi connectivity index (χ0n) is 15.7. The van der Waals surface area contributed by atoms with E-state index in [-0.39, 0.29) is 11.0 Å². The summed E-state index contributed by atoms with van der Waals surface area (Å²) in [7, 11) is 3.06. The fraction of sp³-hybridized carbons (Fsp3) is 0.300. The summed E-state index contributed by atoms with van der Waals surface area (Å²) < 4.78 is 11.6. The van der Waals surface area contributed by atoms with Crippen LogP contribution in [0.5, 0.6) is 11.5 Å².